The molecule has 1 fully saturated rings. The maximum atomic E-state index is 5.86. The summed E-state index contributed by atoms with van der Waals surface area (Å²) < 4.78 is 0. The van der Waals surface area contributed by atoms with E-state index in [1.807, 2.05) is 24.5 Å². The number of thioether (sulfide) groups is 1. The first-order valence-electron chi connectivity index (χ1n) is 6.98. The molecule has 1 aliphatic heterocycles. The van der Waals surface area contributed by atoms with Crippen molar-refractivity contribution < 1.29 is 0 Å². The second-order valence-corrected chi connectivity index (χ2v) is 5.81. The Hall–Kier alpha value is -1.95. The van der Waals surface area contributed by atoms with Gasteiger partial charge in [0.15, 0.2) is 0 Å². The van der Waals surface area contributed by atoms with Gasteiger partial charge in [0.25, 0.3) is 0 Å². The van der Waals surface area contributed by atoms with Gasteiger partial charge in [-0.2, -0.15) is 0 Å². The summed E-state index contributed by atoms with van der Waals surface area (Å²) in [7, 11) is 0. The second kappa shape index (κ2) is 6.22. The molecule has 5 nitrogen and oxygen atoms in total. The predicted molar refractivity (Wildman–Crippen MR) is 89.1 cm³/mol. The zero-order valence-corrected chi connectivity index (χ0v) is 12.9. The number of hydrogen-bond donors (Lipinski definition) is 1. The fourth-order valence-electron chi connectivity index (χ4n) is 2.53. The molecular formula is C15H19N5S. The maximum Gasteiger partial charge on any atom is 0.133 e. The Morgan fingerprint density at radius 3 is 2.52 bits per heavy atom. The van der Waals surface area contributed by atoms with Gasteiger partial charge in [-0.3, -0.25) is 0 Å². The van der Waals surface area contributed by atoms with E-state index in [9.17, 15) is 0 Å². The minimum atomic E-state index is 0.815. The van der Waals surface area contributed by atoms with Crippen LogP contribution in [0.3, 0.4) is 0 Å². The van der Waals surface area contributed by atoms with Crippen LogP contribution in [0.4, 0.5) is 17.2 Å². The van der Waals surface area contributed by atoms with Gasteiger partial charge in [-0.05, 0) is 24.5 Å². The van der Waals surface area contributed by atoms with Gasteiger partial charge in [0, 0.05) is 43.6 Å². The van der Waals surface area contributed by atoms with Crippen molar-refractivity contribution in [3.05, 3.63) is 36.7 Å². The monoisotopic (exact) mass is 301 g/mol. The largest absolute Gasteiger partial charge is 0.399 e. The number of nitrogens with zero attached hydrogens (tertiary/aromatic N) is 4. The summed E-state index contributed by atoms with van der Waals surface area (Å²) in [6.45, 7) is 3.86. The lowest BCUT2D eigenvalue weighted by atomic mass is 10.2. The Balaban J connectivity index is 1.67. The molecule has 0 amide bonds. The van der Waals surface area contributed by atoms with Gasteiger partial charge in [0.05, 0.1) is 0 Å². The molecule has 110 valence electrons. The van der Waals surface area contributed by atoms with Gasteiger partial charge >= 0.3 is 0 Å². The van der Waals surface area contributed by atoms with E-state index in [0.717, 1.165) is 42.7 Å². The number of nitrogens with two attached hydrogens (primary N) is 1. The highest BCUT2D eigenvalue weighted by Crippen LogP contribution is 2.22. The number of rotatable bonds is 3. The predicted octanol–water partition coefficient (Wildman–Crippen LogP) is 2.11. The highest BCUT2D eigenvalue weighted by molar-refractivity contribution is 7.98. The normalized spacial score (nSPS) is 15.3. The first-order valence-corrected chi connectivity index (χ1v) is 8.20. The number of anilines is 3. The van der Waals surface area contributed by atoms with Crippen molar-refractivity contribution in [2.24, 2.45) is 0 Å². The van der Waals surface area contributed by atoms with Gasteiger partial charge in [0.2, 0.25) is 0 Å². The zero-order valence-electron chi connectivity index (χ0n) is 12.1. The van der Waals surface area contributed by atoms with Crippen LogP contribution >= 0.6 is 11.8 Å². The number of piperazine rings is 1. The highest BCUT2D eigenvalue weighted by Gasteiger charge is 2.18. The van der Waals surface area contributed by atoms with Crippen LogP contribution in [0.1, 0.15) is 0 Å². The van der Waals surface area contributed by atoms with E-state index in [-0.39, 0.29) is 0 Å². The van der Waals surface area contributed by atoms with Crippen LogP contribution in [-0.4, -0.2) is 42.4 Å². The molecule has 1 aromatic heterocycles. The first kappa shape index (κ1) is 14.0. The molecule has 2 N–H and O–H groups in total. The molecule has 3 rings (SSSR count). The summed E-state index contributed by atoms with van der Waals surface area (Å²) in [6.07, 6.45) is 3.68. The van der Waals surface area contributed by atoms with E-state index >= 15 is 0 Å². The van der Waals surface area contributed by atoms with Crippen molar-refractivity contribution in [2.45, 2.75) is 5.03 Å². The summed E-state index contributed by atoms with van der Waals surface area (Å²) >= 11 is 1.64. The lowest BCUT2D eigenvalue weighted by Gasteiger charge is -2.36. The van der Waals surface area contributed by atoms with Crippen LogP contribution in [0, 0.1) is 0 Å². The molecular weight excluding hydrogens is 282 g/mol. The number of benzene rings is 1. The molecule has 1 aromatic carbocycles. The Kier molecular flexibility index (Phi) is 4.15. The van der Waals surface area contributed by atoms with E-state index < -0.39 is 0 Å². The van der Waals surface area contributed by atoms with Crippen LogP contribution in [0.25, 0.3) is 0 Å². The molecule has 1 aliphatic rings. The van der Waals surface area contributed by atoms with Crippen molar-refractivity contribution in [3.8, 4) is 0 Å². The summed E-state index contributed by atoms with van der Waals surface area (Å²) in [5.74, 6) is 1.02. The minimum absolute atomic E-state index is 0.815. The Labute approximate surface area is 129 Å². The first-order chi connectivity index (χ1) is 10.3. The summed E-state index contributed by atoms with van der Waals surface area (Å²) in [5, 5.41) is 1.01. The summed E-state index contributed by atoms with van der Waals surface area (Å²) in [4.78, 5) is 13.3. The van der Waals surface area contributed by atoms with E-state index in [1.54, 1.807) is 18.1 Å². The van der Waals surface area contributed by atoms with Gasteiger partial charge in [-0.1, -0.05) is 6.07 Å². The average molecular weight is 301 g/mol. The Morgan fingerprint density at radius 1 is 1.05 bits per heavy atom. The molecule has 2 heterocycles. The topological polar surface area (TPSA) is 58.3 Å². The van der Waals surface area contributed by atoms with Crippen LogP contribution in [0.15, 0.2) is 41.7 Å². The molecule has 0 bridgehead atoms. The van der Waals surface area contributed by atoms with Crippen LogP contribution in [0.2, 0.25) is 0 Å². The number of nitrogen functional groups attached to an aromatic ring is 1. The van der Waals surface area contributed by atoms with Crippen LogP contribution in [-0.2, 0) is 0 Å². The van der Waals surface area contributed by atoms with Gasteiger partial charge < -0.3 is 15.5 Å². The van der Waals surface area contributed by atoms with E-state index in [0.29, 0.717) is 0 Å². The second-order valence-electron chi connectivity index (χ2n) is 4.99. The third-order valence-electron chi connectivity index (χ3n) is 3.68. The summed E-state index contributed by atoms with van der Waals surface area (Å²) in [5.41, 5.74) is 7.87. The highest BCUT2D eigenvalue weighted by atomic mass is 32.2. The molecule has 0 atom stereocenters. The minimum Gasteiger partial charge on any atom is -0.399 e. The van der Waals surface area contributed by atoms with E-state index in [4.69, 9.17) is 5.73 Å². The number of hydrogen-bond acceptors (Lipinski definition) is 6. The smallest absolute Gasteiger partial charge is 0.133 e. The molecule has 0 aliphatic carbocycles. The fourth-order valence-corrected chi connectivity index (χ4v) is 2.91. The van der Waals surface area contributed by atoms with Crippen molar-refractivity contribution in [2.75, 3.05) is 48.0 Å². The van der Waals surface area contributed by atoms with Gasteiger partial charge in [-0.25, -0.2) is 9.97 Å². The SMILES string of the molecule is CSc1cc(N2CCN(c3cccc(N)c3)CC2)ncn1. The molecule has 2 aromatic rings. The Morgan fingerprint density at radius 2 is 1.81 bits per heavy atom. The number of aromatic nitrogens is 2. The van der Waals surface area contributed by atoms with Crippen molar-refractivity contribution >= 4 is 29.0 Å². The fraction of sp³-hybridized carbons (Fsp3) is 0.333. The molecule has 0 unspecified atom stereocenters. The van der Waals surface area contributed by atoms with Crippen LogP contribution < -0.4 is 15.5 Å². The zero-order chi connectivity index (χ0) is 14.7. The molecule has 0 spiro atoms. The van der Waals surface area contributed by atoms with Gasteiger partial charge in [-0.15, -0.1) is 11.8 Å². The molecule has 0 radical (unpaired) electrons. The van der Waals surface area contributed by atoms with Crippen LogP contribution in [0.5, 0.6) is 0 Å². The quantitative estimate of drug-likeness (QED) is 0.532. The van der Waals surface area contributed by atoms with E-state index in [1.165, 1.54) is 5.69 Å². The van der Waals surface area contributed by atoms with Crippen molar-refractivity contribution in [1.82, 2.24) is 9.97 Å². The van der Waals surface area contributed by atoms with Gasteiger partial charge in [0.1, 0.15) is 17.2 Å². The van der Waals surface area contributed by atoms with E-state index in [2.05, 4.69) is 31.9 Å². The molecule has 0 saturated carbocycles. The summed E-state index contributed by atoms with van der Waals surface area (Å²) in [6, 6.07) is 10.1. The molecule has 21 heavy (non-hydrogen) atoms. The third-order valence-corrected chi connectivity index (χ3v) is 4.32. The maximum absolute atomic E-state index is 5.86. The average Bonchev–Trinajstić information content (AvgIpc) is 2.55. The lowest BCUT2D eigenvalue weighted by molar-refractivity contribution is 0.645. The third kappa shape index (κ3) is 3.21. The lowest BCUT2D eigenvalue weighted by Crippen LogP contribution is -2.46. The van der Waals surface area contributed by atoms with Crippen molar-refractivity contribution in [1.29, 1.82) is 0 Å². The van der Waals surface area contributed by atoms with Crippen molar-refractivity contribution in [3.63, 3.8) is 0 Å². The molecule has 6 heteroatoms. The standard InChI is InChI=1S/C15H19N5S/c1-21-15-10-14(17-11-18-15)20-7-5-19(6-8-20)13-4-2-3-12(16)9-13/h2-4,9-11H,5-8,16H2,1H3. The molecule has 1 saturated heterocycles. The Bertz CT molecular complexity index is 611.